The molecule has 5 nitrogen and oxygen atoms in total. The van der Waals surface area contributed by atoms with E-state index >= 15 is 0 Å². The topological polar surface area (TPSA) is 67.2 Å². The fraction of sp³-hybridized carbons (Fsp3) is 0.333. The fourth-order valence-electron chi connectivity index (χ4n) is 3.78. The minimum absolute atomic E-state index is 0.00549. The largest absolute Gasteiger partial charge is 0.393 e. The normalized spacial score (nSPS) is 20.5. The minimum Gasteiger partial charge on any atom is -0.393 e. The predicted molar refractivity (Wildman–Crippen MR) is 101 cm³/mol. The van der Waals surface area contributed by atoms with Crippen molar-refractivity contribution in [1.82, 2.24) is 15.1 Å². The number of aliphatic hydroxyl groups excluding tert-OH is 1. The lowest BCUT2D eigenvalue weighted by atomic mass is 9.75. The molecule has 0 bridgehead atoms. The van der Waals surface area contributed by atoms with Gasteiger partial charge in [0.25, 0.3) is 5.91 Å². The molecule has 1 aromatic heterocycles. The third kappa shape index (κ3) is 3.22. The van der Waals surface area contributed by atoms with Gasteiger partial charge in [0.15, 0.2) is 5.69 Å². The second-order valence-corrected chi connectivity index (χ2v) is 7.14. The van der Waals surface area contributed by atoms with Crippen molar-refractivity contribution in [2.24, 2.45) is 13.0 Å². The zero-order valence-electron chi connectivity index (χ0n) is 14.8. The van der Waals surface area contributed by atoms with Crippen molar-refractivity contribution in [1.29, 1.82) is 0 Å². The molecule has 0 spiro atoms. The molecule has 1 fully saturated rings. The first-order valence-electron chi connectivity index (χ1n) is 9.06. The van der Waals surface area contributed by atoms with E-state index in [2.05, 4.69) is 22.5 Å². The monoisotopic (exact) mass is 349 g/mol. The summed E-state index contributed by atoms with van der Waals surface area (Å²) in [6.07, 6.45) is 1.99. The number of rotatable bonds is 5. The Labute approximate surface area is 152 Å². The van der Waals surface area contributed by atoms with Gasteiger partial charge in [-0.05, 0) is 36.8 Å². The molecule has 1 saturated carbocycles. The van der Waals surface area contributed by atoms with Crippen LogP contribution in [-0.4, -0.2) is 32.9 Å². The molecule has 1 unspecified atom stereocenters. The quantitative estimate of drug-likeness (QED) is 0.744. The van der Waals surface area contributed by atoms with Crippen molar-refractivity contribution in [3.8, 4) is 0 Å². The number of carbonyl (C=O) groups excluding carboxylic acids is 1. The summed E-state index contributed by atoms with van der Waals surface area (Å²) >= 11 is 0. The van der Waals surface area contributed by atoms with E-state index < -0.39 is 0 Å². The van der Waals surface area contributed by atoms with Crippen LogP contribution in [0.1, 0.15) is 28.9 Å². The number of fused-ring (bicyclic) bond motifs is 1. The van der Waals surface area contributed by atoms with Crippen LogP contribution in [0.25, 0.3) is 10.9 Å². The molecule has 1 heterocycles. The van der Waals surface area contributed by atoms with Crippen LogP contribution in [0.5, 0.6) is 0 Å². The van der Waals surface area contributed by atoms with E-state index in [0.29, 0.717) is 11.6 Å². The predicted octanol–water partition coefficient (Wildman–Crippen LogP) is 2.69. The van der Waals surface area contributed by atoms with Gasteiger partial charge in [0.2, 0.25) is 0 Å². The van der Waals surface area contributed by atoms with E-state index in [1.165, 1.54) is 5.56 Å². The summed E-state index contributed by atoms with van der Waals surface area (Å²) in [7, 11) is 1.85. The summed E-state index contributed by atoms with van der Waals surface area (Å²) in [6.45, 7) is 0. The Kier molecular flexibility index (Phi) is 4.47. The van der Waals surface area contributed by atoms with Crippen molar-refractivity contribution in [3.63, 3.8) is 0 Å². The van der Waals surface area contributed by atoms with Gasteiger partial charge in [-0.1, -0.05) is 48.5 Å². The molecule has 134 valence electrons. The van der Waals surface area contributed by atoms with Crippen LogP contribution in [0.3, 0.4) is 0 Å². The molecule has 5 heteroatoms. The summed E-state index contributed by atoms with van der Waals surface area (Å²) in [4.78, 5) is 12.9. The summed E-state index contributed by atoms with van der Waals surface area (Å²) in [6, 6.07) is 17.9. The van der Waals surface area contributed by atoms with Gasteiger partial charge >= 0.3 is 0 Å². The van der Waals surface area contributed by atoms with E-state index in [-0.39, 0.29) is 18.1 Å². The van der Waals surface area contributed by atoms with Gasteiger partial charge in [-0.3, -0.25) is 9.48 Å². The average Bonchev–Trinajstić information content (AvgIpc) is 2.97. The Morgan fingerprint density at radius 2 is 1.88 bits per heavy atom. The smallest absolute Gasteiger partial charge is 0.272 e. The van der Waals surface area contributed by atoms with Crippen molar-refractivity contribution >= 4 is 16.8 Å². The maximum absolute atomic E-state index is 12.9. The first-order valence-corrected chi connectivity index (χ1v) is 9.06. The molecule has 1 aliphatic carbocycles. The molecular weight excluding hydrogens is 326 g/mol. The second kappa shape index (κ2) is 6.92. The maximum Gasteiger partial charge on any atom is 0.272 e. The molecule has 0 saturated heterocycles. The number of hydrogen-bond acceptors (Lipinski definition) is 3. The molecule has 3 aromatic rings. The molecular formula is C21H23N3O2. The lowest BCUT2D eigenvalue weighted by Gasteiger charge is -2.38. The Morgan fingerprint density at radius 1 is 1.19 bits per heavy atom. The Balaban J connectivity index is 1.57. The third-order valence-electron chi connectivity index (χ3n) is 5.31. The summed E-state index contributed by atoms with van der Waals surface area (Å²) < 4.78 is 1.74. The average molecular weight is 349 g/mol. The van der Waals surface area contributed by atoms with Crippen LogP contribution in [0, 0.1) is 5.92 Å². The molecule has 1 aliphatic rings. The van der Waals surface area contributed by atoms with Crippen LogP contribution >= 0.6 is 0 Å². The highest BCUT2D eigenvalue weighted by atomic mass is 16.3. The summed E-state index contributed by atoms with van der Waals surface area (Å²) in [5, 5.41) is 18.2. The van der Waals surface area contributed by atoms with Crippen molar-refractivity contribution in [2.75, 3.05) is 0 Å². The number of nitrogens with one attached hydrogen (secondary N) is 1. The first-order chi connectivity index (χ1) is 12.6. The number of aliphatic hydroxyl groups is 1. The Bertz CT molecular complexity index is 913. The van der Waals surface area contributed by atoms with Gasteiger partial charge in [0.1, 0.15) is 0 Å². The van der Waals surface area contributed by atoms with Crippen LogP contribution in [0.2, 0.25) is 0 Å². The molecule has 2 aromatic carbocycles. The van der Waals surface area contributed by atoms with E-state index in [4.69, 9.17) is 0 Å². The highest BCUT2D eigenvalue weighted by Crippen LogP contribution is 2.32. The second-order valence-electron chi connectivity index (χ2n) is 7.14. The van der Waals surface area contributed by atoms with Gasteiger partial charge in [-0.25, -0.2) is 0 Å². The maximum atomic E-state index is 12.9. The van der Waals surface area contributed by atoms with E-state index in [0.717, 1.165) is 30.2 Å². The number of benzene rings is 2. The lowest BCUT2D eigenvalue weighted by Crippen LogP contribution is -2.48. The molecule has 0 aliphatic heterocycles. The third-order valence-corrected chi connectivity index (χ3v) is 5.31. The van der Waals surface area contributed by atoms with Crippen LogP contribution < -0.4 is 5.32 Å². The van der Waals surface area contributed by atoms with E-state index in [1.54, 1.807) is 4.68 Å². The zero-order chi connectivity index (χ0) is 18.1. The Morgan fingerprint density at radius 3 is 2.62 bits per heavy atom. The van der Waals surface area contributed by atoms with Crippen LogP contribution in [0.4, 0.5) is 0 Å². The van der Waals surface area contributed by atoms with Gasteiger partial charge in [-0.15, -0.1) is 0 Å². The Hall–Kier alpha value is -2.66. The van der Waals surface area contributed by atoms with E-state index in [9.17, 15) is 9.90 Å². The molecule has 26 heavy (non-hydrogen) atoms. The standard InChI is InChI=1S/C21H23N3O2/c1-24-19-10-6-5-9-17(19)20(23-24)21(26)22-18(15-12-16(25)13-15)11-14-7-3-2-4-8-14/h2-10,15-16,18,25H,11-13H2,1H3,(H,22,26). The van der Waals surface area contributed by atoms with Gasteiger partial charge in [0.05, 0.1) is 11.6 Å². The minimum atomic E-state index is -0.245. The molecule has 0 radical (unpaired) electrons. The fourth-order valence-corrected chi connectivity index (χ4v) is 3.78. The van der Waals surface area contributed by atoms with E-state index in [1.807, 2.05) is 49.5 Å². The number of carbonyl (C=O) groups is 1. The van der Waals surface area contributed by atoms with Gasteiger partial charge < -0.3 is 10.4 Å². The molecule has 1 amide bonds. The van der Waals surface area contributed by atoms with Crippen molar-refractivity contribution in [2.45, 2.75) is 31.4 Å². The number of aryl methyl sites for hydroxylation is 1. The van der Waals surface area contributed by atoms with Crippen molar-refractivity contribution < 1.29 is 9.90 Å². The number of hydrogen-bond donors (Lipinski definition) is 2. The van der Waals surface area contributed by atoms with Crippen LogP contribution in [0.15, 0.2) is 54.6 Å². The highest BCUT2D eigenvalue weighted by Gasteiger charge is 2.35. The molecule has 2 N–H and O–H groups in total. The number of amides is 1. The van der Waals surface area contributed by atoms with Crippen LogP contribution in [-0.2, 0) is 13.5 Å². The molecule has 4 rings (SSSR count). The van der Waals surface area contributed by atoms with Crippen molar-refractivity contribution in [3.05, 3.63) is 65.9 Å². The number of para-hydroxylation sites is 1. The highest BCUT2D eigenvalue weighted by molar-refractivity contribution is 6.04. The first kappa shape index (κ1) is 16.8. The zero-order valence-corrected chi connectivity index (χ0v) is 14.8. The SMILES string of the molecule is Cn1nc(C(=O)NC(Cc2ccccc2)C2CC(O)C2)c2ccccc21. The number of nitrogens with zero attached hydrogens (tertiary/aromatic N) is 2. The lowest BCUT2D eigenvalue weighted by molar-refractivity contribution is 0.0239. The molecule has 1 atom stereocenters. The van der Waals surface area contributed by atoms with Gasteiger partial charge in [0, 0.05) is 18.5 Å². The number of aromatic nitrogens is 2. The summed E-state index contributed by atoms with van der Waals surface area (Å²) in [5.74, 6) is 0.147. The van der Waals surface area contributed by atoms with Gasteiger partial charge in [-0.2, -0.15) is 5.10 Å². The summed E-state index contributed by atoms with van der Waals surface area (Å²) in [5.41, 5.74) is 2.59.